The van der Waals surface area contributed by atoms with E-state index in [-0.39, 0.29) is 11.7 Å². The predicted octanol–water partition coefficient (Wildman–Crippen LogP) is 3.29. The van der Waals surface area contributed by atoms with Crippen LogP contribution in [0.4, 0.5) is 4.39 Å². The van der Waals surface area contributed by atoms with E-state index >= 15 is 0 Å². The Bertz CT molecular complexity index is 825. The Balaban J connectivity index is 1.62. The van der Waals surface area contributed by atoms with E-state index in [2.05, 4.69) is 10.3 Å². The molecule has 118 valence electrons. The van der Waals surface area contributed by atoms with Gasteiger partial charge in [0.15, 0.2) is 0 Å². The summed E-state index contributed by atoms with van der Waals surface area (Å²) in [5, 5.41) is 3.96. The van der Waals surface area contributed by atoms with Crippen LogP contribution in [-0.4, -0.2) is 24.5 Å². The molecule has 0 spiro atoms. The maximum absolute atomic E-state index is 12.8. The second kappa shape index (κ2) is 6.52. The van der Waals surface area contributed by atoms with Crippen LogP contribution in [0.2, 0.25) is 0 Å². The van der Waals surface area contributed by atoms with Crippen molar-refractivity contribution in [3.63, 3.8) is 0 Å². The van der Waals surface area contributed by atoms with Crippen molar-refractivity contribution < 1.29 is 13.9 Å². The van der Waals surface area contributed by atoms with Crippen molar-refractivity contribution in [2.45, 2.75) is 6.42 Å². The number of H-pyrrole nitrogens is 1. The number of carbonyl (C=O) groups is 1. The molecule has 3 rings (SSSR count). The zero-order chi connectivity index (χ0) is 16.2. The molecule has 0 bridgehead atoms. The van der Waals surface area contributed by atoms with Gasteiger partial charge in [0, 0.05) is 35.3 Å². The molecule has 0 radical (unpaired) electrons. The van der Waals surface area contributed by atoms with Crippen LogP contribution in [0.15, 0.2) is 48.7 Å². The third kappa shape index (κ3) is 3.34. The Morgan fingerprint density at radius 3 is 2.74 bits per heavy atom. The summed E-state index contributed by atoms with van der Waals surface area (Å²) in [6.45, 7) is 0.509. The number of benzene rings is 2. The first-order chi connectivity index (χ1) is 11.2. The Kier molecular flexibility index (Phi) is 4.28. The summed E-state index contributed by atoms with van der Waals surface area (Å²) < 4.78 is 18.0. The van der Waals surface area contributed by atoms with Gasteiger partial charge in [-0.3, -0.25) is 4.79 Å². The summed E-state index contributed by atoms with van der Waals surface area (Å²) in [6, 6.07) is 11.4. The average Bonchev–Trinajstić information content (AvgIpc) is 2.97. The predicted molar refractivity (Wildman–Crippen MR) is 87.3 cm³/mol. The van der Waals surface area contributed by atoms with Gasteiger partial charge in [0.1, 0.15) is 11.6 Å². The number of hydrogen-bond acceptors (Lipinski definition) is 2. The smallest absolute Gasteiger partial charge is 0.251 e. The normalized spacial score (nSPS) is 10.7. The summed E-state index contributed by atoms with van der Waals surface area (Å²) >= 11 is 0. The monoisotopic (exact) mass is 312 g/mol. The maximum Gasteiger partial charge on any atom is 0.251 e. The van der Waals surface area contributed by atoms with Crippen LogP contribution in [0, 0.1) is 5.82 Å². The maximum atomic E-state index is 12.8. The second-order valence-electron chi connectivity index (χ2n) is 5.24. The number of ether oxygens (including phenoxy) is 1. The number of carbonyl (C=O) groups excluding carboxylic acids is 1. The minimum atomic E-state index is -0.351. The number of aromatic nitrogens is 1. The van der Waals surface area contributed by atoms with Crippen LogP contribution < -0.4 is 10.1 Å². The van der Waals surface area contributed by atoms with Crippen LogP contribution >= 0.6 is 0 Å². The van der Waals surface area contributed by atoms with Crippen molar-refractivity contribution >= 4 is 16.8 Å². The Hall–Kier alpha value is -2.82. The third-order valence-corrected chi connectivity index (χ3v) is 3.76. The number of amides is 1. The molecule has 0 saturated carbocycles. The van der Waals surface area contributed by atoms with E-state index in [0.29, 0.717) is 18.5 Å². The van der Waals surface area contributed by atoms with Crippen LogP contribution in [0.5, 0.6) is 5.75 Å². The zero-order valence-electron chi connectivity index (χ0n) is 12.7. The molecule has 0 fully saturated rings. The molecule has 0 aliphatic carbocycles. The number of nitrogens with one attached hydrogen (secondary N) is 2. The van der Waals surface area contributed by atoms with Crippen LogP contribution in [0.25, 0.3) is 10.9 Å². The van der Waals surface area contributed by atoms with E-state index in [4.69, 9.17) is 4.74 Å². The van der Waals surface area contributed by atoms with Gasteiger partial charge >= 0.3 is 0 Å². The lowest BCUT2D eigenvalue weighted by molar-refractivity contribution is 0.0954. The van der Waals surface area contributed by atoms with E-state index < -0.39 is 0 Å². The molecule has 5 heteroatoms. The molecule has 0 atom stereocenters. The van der Waals surface area contributed by atoms with Gasteiger partial charge in [0.25, 0.3) is 5.91 Å². The summed E-state index contributed by atoms with van der Waals surface area (Å²) in [6.07, 6.45) is 2.65. The minimum Gasteiger partial charge on any atom is -0.497 e. The topological polar surface area (TPSA) is 54.1 Å². The van der Waals surface area contributed by atoms with Gasteiger partial charge < -0.3 is 15.0 Å². The highest BCUT2D eigenvalue weighted by Crippen LogP contribution is 2.23. The van der Waals surface area contributed by atoms with Gasteiger partial charge in [-0.15, -0.1) is 0 Å². The van der Waals surface area contributed by atoms with E-state index in [9.17, 15) is 9.18 Å². The van der Waals surface area contributed by atoms with Crippen LogP contribution in [-0.2, 0) is 6.42 Å². The number of rotatable bonds is 5. The SMILES string of the molecule is COc1ccc2c(CCNC(=O)c3ccc(F)cc3)c[nH]c2c1. The first-order valence-electron chi connectivity index (χ1n) is 7.35. The van der Waals surface area contributed by atoms with E-state index in [0.717, 1.165) is 22.2 Å². The standard InChI is InChI=1S/C18H17FN2O2/c1-23-15-6-7-16-13(11-21-17(16)10-15)8-9-20-18(22)12-2-4-14(19)5-3-12/h2-7,10-11,21H,8-9H2,1H3,(H,20,22). The summed E-state index contributed by atoms with van der Waals surface area (Å²) in [4.78, 5) is 15.2. The summed E-state index contributed by atoms with van der Waals surface area (Å²) in [7, 11) is 1.63. The molecular weight excluding hydrogens is 295 g/mol. The molecule has 2 aromatic carbocycles. The van der Waals surface area contributed by atoms with Gasteiger partial charge in [-0.05, 0) is 48.4 Å². The van der Waals surface area contributed by atoms with Crippen LogP contribution in [0.1, 0.15) is 15.9 Å². The summed E-state index contributed by atoms with van der Waals surface area (Å²) in [5.74, 6) is 0.248. The average molecular weight is 312 g/mol. The quantitative estimate of drug-likeness (QED) is 0.759. The van der Waals surface area contributed by atoms with Gasteiger partial charge in [-0.25, -0.2) is 4.39 Å². The highest BCUT2D eigenvalue weighted by molar-refractivity contribution is 5.94. The van der Waals surface area contributed by atoms with Crippen molar-refractivity contribution in [3.05, 3.63) is 65.6 Å². The fourth-order valence-corrected chi connectivity index (χ4v) is 2.51. The zero-order valence-corrected chi connectivity index (χ0v) is 12.7. The van der Waals surface area contributed by atoms with Crippen LogP contribution in [0.3, 0.4) is 0 Å². The first-order valence-corrected chi connectivity index (χ1v) is 7.35. The fraction of sp³-hybridized carbons (Fsp3) is 0.167. The molecular formula is C18H17FN2O2. The Morgan fingerprint density at radius 1 is 1.22 bits per heavy atom. The molecule has 1 heterocycles. The molecule has 1 amide bonds. The van der Waals surface area contributed by atoms with Gasteiger partial charge in [-0.2, -0.15) is 0 Å². The van der Waals surface area contributed by atoms with E-state index in [1.54, 1.807) is 7.11 Å². The van der Waals surface area contributed by atoms with Gasteiger partial charge in [0.05, 0.1) is 7.11 Å². The van der Waals surface area contributed by atoms with Gasteiger partial charge in [0.2, 0.25) is 0 Å². The molecule has 4 nitrogen and oxygen atoms in total. The molecule has 0 saturated heterocycles. The molecule has 3 aromatic rings. The molecule has 1 aromatic heterocycles. The molecule has 23 heavy (non-hydrogen) atoms. The van der Waals surface area contributed by atoms with Gasteiger partial charge in [-0.1, -0.05) is 0 Å². The minimum absolute atomic E-state index is 0.202. The fourth-order valence-electron chi connectivity index (χ4n) is 2.51. The number of fused-ring (bicyclic) bond motifs is 1. The number of hydrogen-bond donors (Lipinski definition) is 2. The number of aromatic amines is 1. The lowest BCUT2D eigenvalue weighted by Gasteiger charge is -2.05. The summed E-state index contributed by atoms with van der Waals surface area (Å²) in [5.41, 5.74) is 2.58. The molecule has 0 aliphatic heterocycles. The van der Waals surface area contributed by atoms with Crippen molar-refractivity contribution in [3.8, 4) is 5.75 Å². The van der Waals surface area contributed by atoms with Crippen molar-refractivity contribution in [1.29, 1.82) is 0 Å². The molecule has 2 N–H and O–H groups in total. The first kappa shape index (κ1) is 15.1. The molecule has 0 unspecified atom stereocenters. The molecule has 0 aliphatic rings. The van der Waals surface area contributed by atoms with E-state index in [1.807, 2.05) is 24.4 Å². The highest BCUT2D eigenvalue weighted by atomic mass is 19.1. The highest BCUT2D eigenvalue weighted by Gasteiger charge is 2.07. The largest absolute Gasteiger partial charge is 0.497 e. The lowest BCUT2D eigenvalue weighted by atomic mass is 10.1. The van der Waals surface area contributed by atoms with Crippen molar-refractivity contribution in [1.82, 2.24) is 10.3 Å². The third-order valence-electron chi connectivity index (χ3n) is 3.76. The van der Waals surface area contributed by atoms with E-state index in [1.165, 1.54) is 24.3 Å². The Labute approximate surface area is 133 Å². The number of methoxy groups -OCH3 is 1. The number of halogens is 1. The van der Waals surface area contributed by atoms with Crippen molar-refractivity contribution in [2.24, 2.45) is 0 Å². The van der Waals surface area contributed by atoms with Crippen molar-refractivity contribution in [2.75, 3.05) is 13.7 Å². The Morgan fingerprint density at radius 2 is 2.00 bits per heavy atom. The second-order valence-corrected chi connectivity index (χ2v) is 5.24. The lowest BCUT2D eigenvalue weighted by Crippen LogP contribution is -2.25.